The monoisotopic (exact) mass is 241 g/mol. The van der Waals surface area contributed by atoms with Crippen molar-refractivity contribution >= 4 is 11.0 Å². The van der Waals surface area contributed by atoms with Crippen molar-refractivity contribution in [1.82, 2.24) is 9.55 Å². The van der Waals surface area contributed by atoms with Crippen LogP contribution in [0.15, 0.2) is 24.3 Å². The van der Waals surface area contributed by atoms with Gasteiger partial charge in [0, 0.05) is 12.5 Å². The van der Waals surface area contributed by atoms with E-state index in [-0.39, 0.29) is 0 Å². The Kier molecular flexibility index (Phi) is 3.99. The highest BCUT2D eigenvalue weighted by atomic mass is 15.1. The van der Waals surface area contributed by atoms with Crippen molar-refractivity contribution in [2.45, 2.75) is 45.6 Å². The van der Waals surface area contributed by atoms with E-state index in [1.165, 1.54) is 0 Å². The molecule has 3 heteroatoms. The second kappa shape index (κ2) is 5.68. The Balaban J connectivity index is 2.53. The van der Waals surface area contributed by atoms with Crippen LogP contribution in [-0.4, -0.2) is 9.55 Å². The molecule has 0 radical (unpaired) electrons. The van der Waals surface area contributed by atoms with Crippen LogP contribution < -0.4 is 0 Å². The van der Waals surface area contributed by atoms with Gasteiger partial charge >= 0.3 is 0 Å². The van der Waals surface area contributed by atoms with Crippen molar-refractivity contribution in [2.75, 3.05) is 0 Å². The van der Waals surface area contributed by atoms with Gasteiger partial charge in [-0.05, 0) is 25.0 Å². The predicted molar refractivity (Wildman–Crippen MR) is 73.3 cm³/mol. The third-order valence-electron chi connectivity index (χ3n) is 3.48. The van der Waals surface area contributed by atoms with E-state index in [0.717, 1.165) is 36.2 Å². The summed E-state index contributed by atoms with van der Waals surface area (Å²) >= 11 is 0. The molecule has 1 heterocycles. The van der Waals surface area contributed by atoms with Gasteiger partial charge in [-0.3, -0.25) is 0 Å². The fourth-order valence-corrected chi connectivity index (χ4v) is 2.46. The summed E-state index contributed by atoms with van der Waals surface area (Å²) in [6.45, 7) is 5.13. The maximum Gasteiger partial charge on any atom is 0.113 e. The standard InChI is InChI=1S/C15H19N3/c1-3-12(4-2)15-17-13-8-5-6-9-14(13)18(15)11-7-10-16/h5-6,8-9,12H,3-4,7,11H2,1-2H3. The van der Waals surface area contributed by atoms with Gasteiger partial charge in [0.05, 0.1) is 23.5 Å². The number of fused-ring (bicyclic) bond motifs is 1. The number of hydrogen-bond donors (Lipinski definition) is 0. The maximum absolute atomic E-state index is 8.80. The van der Waals surface area contributed by atoms with Gasteiger partial charge in [-0.2, -0.15) is 5.26 Å². The molecule has 0 aliphatic carbocycles. The number of imidazole rings is 1. The van der Waals surface area contributed by atoms with Gasteiger partial charge in [0.15, 0.2) is 0 Å². The van der Waals surface area contributed by atoms with Crippen LogP contribution in [0, 0.1) is 11.3 Å². The second-order valence-electron chi connectivity index (χ2n) is 4.53. The summed E-state index contributed by atoms with van der Waals surface area (Å²) in [6, 6.07) is 10.4. The first-order valence-corrected chi connectivity index (χ1v) is 6.63. The van der Waals surface area contributed by atoms with E-state index in [9.17, 15) is 0 Å². The Morgan fingerprint density at radius 1 is 1.28 bits per heavy atom. The Morgan fingerprint density at radius 3 is 2.67 bits per heavy atom. The Bertz CT molecular complexity index is 559. The number of aryl methyl sites for hydroxylation is 1. The van der Waals surface area contributed by atoms with Crippen molar-refractivity contribution in [3.63, 3.8) is 0 Å². The minimum absolute atomic E-state index is 0.482. The predicted octanol–water partition coefficient (Wildman–Crippen LogP) is 3.85. The van der Waals surface area contributed by atoms with E-state index < -0.39 is 0 Å². The van der Waals surface area contributed by atoms with Crippen molar-refractivity contribution in [3.8, 4) is 6.07 Å². The van der Waals surface area contributed by atoms with Gasteiger partial charge in [-0.1, -0.05) is 26.0 Å². The number of aromatic nitrogens is 2. The molecule has 18 heavy (non-hydrogen) atoms. The average Bonchev–Trinajstić information content (AvgIpc) is 2.76. The summed E-state index contributed by atoms with van der Waals surface area (Å²) in [5, 5.41) is 8.80. The lowest BCUT2D eigenvalue weighted by Crippen LogP contribution is -2.08. The fourth-order valence-electron chi connectivity index (χ4n) is 2.46. The summed E-state index contributed by atoms with van der Waals surface area (Å²) in [5.41, 5.74) is 2.19. The van der Waals surface area contributed by atoms with Crippen molar-refractivity contribution in [2.24, 2.45) is 0 Å². The number of nitriles is 1. The van der Waals surface area contributed by atoms with Gasteiger partial charge in [-0.15, -0.1) is 0 Å². The molecule has 0 fully saturated rings. The van der Waals surface area contributed by atoms with Crippen LogP contribution in [-0.2, 0) is 6.54 Å². The van der Waals surface area contributed by atoms with Gasteiger partial charge < -0.3 is 4.57 Å². The molecular formula is C15H19N3. The van der Waals surface area contributed by atoms with E-state index >= 15 is 0 Å². The molecule has 0 saturated heterocycles. The molecular weight excluding hydrogens is 222 g/mol. The van der Waals surface area contributed by atoms with Gasteiger partial charge in [0.1, 0.15) is 5.82 Å². The SMILES string of the molecule is CCC(CC)c1nc2ccccc2n1CCC#N. The lowest BCUT2D eigenvalue weighted by molar-refractivity contribution is 0.556. The van der Waals surface area contributed by atoms with Crippen molar-refractivity contribution < 1.29 is 0 Å². The van der Waals surface area contributed by atoms with Crippen LogP contribution in [0.25, 0.3) is 11.0 Å². The second-order valence-corrected chi connectivity index (χ2v) is 4.53. The fraction of sp³-hybridized carbons (Fsp3) is 0.467. The number of benzene rings is 1. The Labute approximate surface area is 108 Å². The van der Waals surface area contributed by atoms with E-state index in [1.54, 1.807) is 0 Å². The summed E-state index contributed by atoms with van der Waals surface area (Å²) in [4.78, 5) is 4.76. The molecule has 0 unspecified atom stereocenters. The molecule has 2 rings (SSSR count). The number of para-hydroxylation sites is 2. The minimum atomic E-state index is 0.482. The molecule has 94 valence electrons. The molecule has 0 atom stereocenters. The lowest BCUT2D eigenvalue weighted by Gasteiger charge is -2.14. The molecule has 3 nitrogen and oxygen atoms in total. The van der Waals surface area contributed by atoms with Crippen LogP contribution in [0.5, 0.6) is 0 Å². The van der Waals surface area contributed by atoms with Crippen molar-refractivity contribution in [3.05, 3.63) is 30.1 Å². The molecule has 0 N–H and O–H groups in total. The third kappa shape index (κ3) is 2.24. The van der Waals surface area contributed by atoms with Crippen LogP contribution >= 0.6 is 0 Å². The zero-order valence-corrected chi connectivity index (χ0v) is 11.1. The minimum Gasteiger partial charge on any atom is -0.327 e. The lowest BCUT2D eigenvalue weighted by atomic mass is 10.0. The van der Waals surface area contributed by atoms with Crippen LogP contribution in [0.3, 0.4) is 0 Å². The van der Waals surface area contributed by atoms with E-state index in [4.69, 9.17) is 10.2 Å². The zero-order chi connectivity index (χ0) is 13.0. The highest BCUT2D eigenvalue weighted by Crippen LogP contribution is 2.26. The molecule has 0 spiro atoms. The van der Waals surface area contributed by atoms with Gasteiger partial charge in [0.2, 0.25) is 0 Å². The molecule has 0 aliphatic heterocycles. The Morgan fingerprint density at radius 2 is 2.00 bits per heavy atom. The molecule has 1 aromatic carbocycles. The molecule has 0 aliphatic rings. The molecule has 1 aromatic heterocycles. The van der Waals surface area contributed by atoms with Gasteiger partial charge in [-0.25, -0.2) is 4.98 Å². The third-order valence-corrected chi connectivity index (χ3v) is 3.48. The maximum atomic E-state index is 8.80. The summed E-state index contributed by atoms with van der Waals surface area (Å²) in [6.07, 6.45) is 2.71. The van der Waals surface area contributed by atoms with Crippen LogP contribution in [0.4, 0.5) is 0 Å². The van der Waals surface area contributed by atoms with Crippen molar-refractivity contribution in [1.29, 1.82) is 5.26 Å². The molecule has 0 saturated carbocycles. The van der Waals surface area contributed by atoms with E-state index in [1.807, 2.05) is 18.2 Å². The molecule has 0 bridgehead atoms. The van der Waals surface area contributed by atoms with Crippen LogP contribution in [0.1, 0.15) is 44.9 Å². The largest absolute Gasteiger partial charge is 0.327 e. The quantitative estimate of drug-likeness (QED) is 0.797. The smallest absolute Gasteiger partial charge is 0.113 e. The first-order valence-electron chi connectivity index (χ1n) is 6.63. The number of nitrogens with zero attached hydrogens (tertiary/aromatic N) is 3. The normalized spacial score (nSPS) is 11.0. The van der Waals surface area contributed by atoms with E-state index in [0.29, 0.717) is 12.3 Å². The number of rotatable bonds is 5. The Hall–Kier alpha value is -1.82. The highest BCUT2D eigenvalue weighted by molar-refractivity contribution is 5.76. The summed E-state index contributed by atoms with van der Waals surface area (Å²) in [5.74, 6) is 1.62. The first-order chi connectivity index (χ1) is 8.81. The summed E-state index contributed by atoms with van der Waals surface area (Å²) in [7, 11) is 0. The number of hydrogen-bond acceptors (Lipinski definition) is 2. The first kappa shape index (κ1) is 12.6. The van der Waals surface area contributed by atoms with Crippen LogP contribution in [0.2, 0.25) is 0 Å². The average molecular weight is 241 g/mol. The van der Waals surface area contributed by atoms with E-state index in [2.05, 4.69) is 30.6 Å². The topological polar surface area (TPSA) is 41.6 Å². The highest BCUT2D eigenvalue weighted by Gasteiger charge is 2.16. The van der Waals surface area contributed by atoms with Gasteiger partial charge in [0.25, 0.3) is 0 Å². The zero-order valence-electron chi connectivity index (χ0n) is 11.1. The molecule has 0 amide bonds. The summed E-state index contributed by atoms with van der Waals surface area (Å²) < 4.78 is 2.22. The molecule has 2 aromatic rings.